The Hall–Kier alpha value is -1.24. The lowest BCUT2D eigenvalue weighted by molar-refractivity contribution is 0.146. The Morgan fingerprint density at radius 3 is 2.78 bits per heavy atom. The van der Waals surface area contributed by atoms with Gasteiger partial charge in [-0.25, -0.2) is 4.98 Å². The molecule has 1 aromatic heterocycles. The van der Waals surface area contributed by atoms with Crippen molar-refractivity contribution in [3.8, 4) is 0 Å². The van der Waals surface area contributed by atoms with Crippen molar-refractivity contribution in [3.05, 3.63) is 22.3 Å². The molecule has 0 aromatic carbocycles. The van der Waals surface area contributed by atoms with Crippen molar-refractivity contribution in [1.82, 2.24) is 15.6 Å². The van der Waals surface area contributed by atoms with Crippen LogP contribution in [0.2, 0.25) is 10.0 Å². The highest BCUT2D eigenvalue weighted by Crippen LogP contribution is 2.21. The maximum Gasteiger partial charge on any atom is 0.191 e. The first-order valence-corrected chi connectivity index (χ1v) is 8.57. The molecule has 1 aromatic rings. The summed E-state index contributed by atoms with van der Waals surface area (Å²) in [6, 6.07) is 1.66. The van der Waals surface area contributed by atoms with Crippen LogP contribution in [0.5, 0.6) is 0 Å². The van der Waals surface area contributed by atoms with E-state index < -0.39 is 0 Å². The van der Waals surface area contributed by atoms with E-state index in [1.807, 2.05) is 13.8 Å². The fraction of sp³-hybridized carbons (Fsp3) is 0.600. The zero-order chi connectivity index (χ0) is 16.9. The summed E-state index contributed by atoms with van der Waals surface area (Å²) in [5.41, 5.74) is 0. The molecule has 0 saturated heterocycles. The number of aromatic nitrogens is 1. The average Bonchev–Trinajstić information content (AvgIpc) is 2.52. The quantitative estimate of drug-likeness (QED) is 0.339. The van der Waals surface area contributed by atoms with E-state index in [4.69, 9.17) is 27.9 Å². The molecule has 6 nitrogen and oxygen atoms in total. The van der Waals surface area contributed by atoms with Crippen molar-refractivity contribution in [2.24, 2.45) is 4.99 Å². The largest absolute Gasteiger partial charge is 0.382 e. The summed E-state index contributed by atoms with van der Waals surface area (Å²) in [5, 5.41) is 10.6. The molecule has 0 bridgehead atoms. The van der Waals surface area contributed by atoms with E-state index in [2.05, 4.69) is 25.9 Å². The Bertz CT molecular complexity index is 485. The van der Waals surface area contributed by atoms with Gasteiger partial charge in [0.25, 0.3) is 0 Å². The minimum absolute atomic E-state index is 0.508. The minimum atomic E-state index is 0.508. The molecular weight excluding hydrogens is 337 g/mol. The zero-order valence-electron chi connectivity index (χ0n) is 13.7. The lowest BCUT2D eigenvalue weighted by Crippen LogP contribution is -2.39. The SMILES string of the molecule is CCNC(=NCCCOCC)NCCNc1ncc(Cl)cc1Cl. The van der Waals surface area contributed by atoms with E-state index in [-0.39, 0.29) is 0 Å². The fourth-order valence-electron chi connectivity index (χ4n) is 1.75. The van der Waals surface area contributed by atoms with E-state index in [1.54, 1.807) is 12.3 Å². The van der Waals surface area contributed by atoms with Gasteiger partial charge in [-0.2, -0.15) is 0 Å². The Morgan fingerprint density at radius 2 is 2.09 bits per heavy atom. The molecule has 0 aliphatic carbocycles. The van der Waals surface area contributed by atoms with Crippen molar-refractivity contribution in [1.29, 1.82) is 0 Å². The highest BCUT2D eigenvalue weighted by atomic mass is 35.5. The molecule has 3 N–H and O–H groups in total. The number of pyridine rings is 1. The fourth-order valence-corrected chi connectivity index (χ4v) is 2.20. The zero-order valence-corrected chi connectivity index (χ0v) is 15.2. The van der Waals surface area contributed by atoms with Gasteiger partial charge in [0.05, 0.1) is 10.0 Å². The topological polar surface area (TPSA) is 70.6 Å². The molecule has 0 atom stereocenters. The van der Waals surface area contributed by atoms with Gasteiger partial charge in [0.2, 0.25) is 0 Å². The molecular formula is C15H25Cl2N5O. The Balaban J connectivity index is 2.30. The molecule has 0 unspecified atom stereocenters. The monoisotopic (exact) mass is 361 g/mol. The van der Waals surface area contributed by atoms with Crippen LogP contribution in [-0.4, -0.2) is 50.3 Å². The number of nitrogens with zero attached hydrogens (tertiary/aromatic N) is 2. The van der Waals surface area contributed by atoms with Gasteiger partial charge in [-0.1, -0.05) is 23.2 Å². The molecule has 0 fully saturated rings. The molecule has 0 amide bonds. The number of aliphatic imine (C=N–C) groups is 1. The maximum absolute atomic E-state index is 6.05. The van der Waals surface area contributed by atoms with Crippen LogP contribution in [0.15, 0.2) is 17.3 Å². The van der Waals surface area contributed by atoms with Crippen LogP contribution in [0.3, 0.4) is 0 Å². The van der Waals surface area contributed by atoms with Crippen LogP contribution < -0.4 is 16.0 Å². The van der Waals surface area contributed by atoms with Gasteiger partial charge in [-0.05, 0) is 26.3 Å². The first kappa shape index (κ1) is 19.8. The van der Waals surface area contributed by atoms with Crippen LogP contribution in [0.25, 0.3) is 0 Å². The molecule has 0 aliphatic heterocycles. The lowest BCUT2D eigenvalue weighted by Gasteiger charge is -2.12. The van der Waals surface area contributed by atoms with Crippen molar-refractivity contribution in [2.45, 2.75) is 20.3 Å². The van der Waals surface area contributed by atoms with E-state index in [0.717, 1.165) is 38.7 Å². The normalized spacial score (nSPS) is 11.4. The predicted octanol–water partition coefficient (Wildman–Crippen LogP) is 2.78. The van der Waals surface area contributed by atoms with Gasteiger partial charge in [-0.15, -0.1) is 0 Å². The smallest absolute Gasteiger partial charge is 0.191 e. The number of guanidine groups is 1. The third-order valence-corrected chi connectivity index (χ3v) is 3.28. The standard InChI is InChI=1S/C15H25Cl2N5O/c1-3-18-15(20-6-5-9-23-4-2)21-8-7-19-14-13(17)10-12(16)11-22-14/h10-11H,3-9H2,1-2H3,(H,19,22)(H2,18,20,21). The highest BCUT2D eigenvalue weighted by molar-refractivity contribution is 6.35. The molecule has 0 saturated carbocycles. The number of hydrogen-bond donors (Lipinski definition) is 3. The van der Waals surface area contributed by atoms with Crippen molar-refractivity contribution in [2.75, 3.05) is 44.7 Å². The summed E-state index contributed by atoms with van der Waals surface area (Å²) in [6.07, 6.45) is 2.47. The van der Waals surface area contributed by atoms with E-state index in [9.17, 15) is 0 Å². The predicted molar refractivity (Wildman–Crippen MR) is 97.8 cm³/mol. The number of halogens is 2. The molecule has 8 heteroatoms. The van der Waals surface area contributed by atoms with Gasteiger partial charge in [0.15, 0.2) is 5.96 Å². The van der Waals surface area contributed by atoms with Gasteiger partial charge < -0.3 is 20.7 Å². The summed E-state index contributed by atoms with van der Waals surface area (Å²) in [4.78, 5) is 8.63. The number of rotatable bonds is 10. The minimum Gasteiger partial charge on any atom is -0.382 e. The highest BCUT2D eigenvalue weighted by Gasteiger charge is 2.02. The Kier molecular flexibility index (Phi) is 10.5. The summed E-state index contributed by atoms with van der Waals surface area (Å²) in [5.74, 6) is 1.41. The van der Waals surface area contributed by atoms with E-state index in [1.165, 1.54) is 0 Å². The summed E-state index contributed by atoms with van der Waals surface area (Å²) in [7, 11) is 0. The second-order valence-corrected chi connectivity index (χ2v) is 5.49. The third kappa shape index (κ3) is 8.83. The third-order valence-electron chi connectivity index (χ3n) is 2.78. The number of ether oxygens (including phenoxy) is 1. The van der Waals surface area contributed by atoms with E-state index >= 15 is 0 Å². The van der Waals surface area contributed by atoms with Crippen LogP contribution >= 0.6 is 23.2 Å². The van der Waals surface area contributed by atoms with Crippen molar-refractivity contribution >= 4 is 35.0 Å². The van der Waals surface area contributed by atoms with E-state index in [0.29, 0.717) is 29.0 Å². The van der Waals surface area contributed by atoms with Gasteiger partial charge in [0, 0.05) is 45.6 Å². The molecule has 1 rings (SSSR count). The lowest BCUT2D eigenvalue weighted by atomic mass is 10.4. The second-order valence-electron chi connectivity index (χ2n) is 4.65. The van der Waals surface area contributed by atoms with Crippen LogP contribution in [-0.2, 0) is 4.74 Å². The first-order valence-electron chi connectivity index (χ1n) is 7.82. The van der Waals surface area contributed by atoms with Crippen molar-refractivity contribution in [3.63, 3.8) is 0 Å². The van der Waals surface area contributed by atoms with Gasteiger partial charge in [-0.3, -0.25) is 4.99 Å². The average molecular weight is 362 g/mol. The molecule has 1 heterocycles. The number of anilines is 1. The van der Waals surface area contributed by atoms with Crippen LogP contribution in [0.4, 0.5) is 5.82 Å². The van der Waals surface area contributed by atoms with Gasteiger partial charge >= 0.3 is 0 Å². The first-order chi connectivity index (χ1) is 11.2. The Labute approximate surface area is 148 Å². The summed E-state index contributed by atoms with van der Waals surface area (Å²) in [6.45, 7) is 8.41. The Morgan fingerprint density at radius 1 is 1.26 bits per heavy atom. The summed E-state index contributed by atoms with van der Waals surface area (Å²) < 4.78 is 5.29. The maximum atomic E-state index is 6.05. The van der Waals surface area contributed by atoms with Gasteiger partial charge in [0.1, 0.15) is 5.82 Å². The second kappa shape index (κ2) is 12.2. The van der Waals surface area contributed by atoms with Crippen molar-refractivity contribution < 1.29 is 4.74 Å². The molecule has 0 spiro atoms. The number of hydrogen-bond acceptors (Lipinski definition) is 4. The number of nitrogens with one attached hydrogen (secondary N) is 3. The molecule has 130 valence electrons. The molecule has 0 aliphatic rings. The summed E-state index contributed by atoms with van der Waals surface area (Å²) >= 11 is 11.9. The molecule has 23 heavy (non-hydrogen) atoms. The van der Waals surface area contributed by atoms with Crippen LogP contribution in [0.1, 0.15) is 20.3 Å². The van der Waals surface area contributed by atoms with Crippen LogP contribution in [0, 0.1) is 0 Å². The molecule has 0 radical (unpaired) electrons.